The number of likely N-dealkylation sites (N-methyl/N-ethyl adjacent to an activating group) is 1. The van der Waals surface area contributed by atoms with Gasteiger partial charge in [-0.1, -0.05) is 25.2 Å². The summed E-state index contributed by atoms with van der Waals surface area (Å²) in [5.74, 6) is 0.994. The van der Waals surface area contributed by atoms with Gasteiger partial charge in [0, 0.05) is 57.1 Å². The lowest BCUT2D eigenvalue weighted by Crippen LogP contribution is -2.53. The number of aromatic amines is 1. The highest BCUT2D eigenvalue weighted by Gasteiger charge is 2.28. The van der Waals surface area contributed by atoms with Gasteiger partial charge in [0.05, 0.1) is 31.2 Å². The zero-order valence-electron chi connectivity index (χ0n) is 22.1. The third-order valence-electron chi connectivity index (χ3n) is 6.78. The maximum atomic E-state index is 12.1. The molecule has 4 aromatic rings. The molecule has 1 aliphatic heterocycles. The van der Waals surface area contributed by atoms with E-state index < -0.39 is 0 Å². The second-order valence-corrected chi connectivity index (χ2v) is 10.9. The Morgan fingerprint density at radius 1 is 1.30 bits per heavy atom. The minimum Gasteiger partial charge on any atom is -0.493 e. The smallest absolute Gasteiger partial charge is 0.236 e. The molecule has 1 aliphatic rings. The lowest BCUT2D eigenvalue weighted by atomic mass is 9.97. The van der Waals surface area contributed by atoms with Gasteiger partial charge < -0.3 is 14.5 Å². The third kappa shape index (κ3) is 4.78. The van der Waals surface area contributed by atoms with Gasteiger partial charge in [-0.05, 0) is 18.9 Å². The monoisotopic (exact) mass is 523 g/mol. The molecule has 196 valence electrons. The van der Waals surface area contributed by atoms with Gasteiger partial charge in [-0.25, -0.2) is 14.5 Å². The molecule has 0 spiro atoms. The van der Waals surface area contributed by atoms with E-state index in [2.05, 4.69) is 45.8 Å². The van der Waals surface area contributed by atoms with Gasteiger partial charge in [0.2, 0.25) is 5.91 Å². The summed E-state index contributed by atoms with van der Waals surface area (Å²) in [5.41, 5.74) is 4.45. The normalized spacial score (nSPS) is 16.6. The topological polar surface area (TPSA) is 108 Å². The van der Waals surface area contributed by atoms with Gasteiger partial charge in [-0.15, -0.1) is 0 Å². The van der Waals surface area contributed by atoms with Crippen LogP contribution in [-0.2, 0) is 4.79 Å². The van der Waals surface area contributed by atoms with Crippen LogP contribution in [0.3, 0.4) is 0 Å². The minimum absolute atomic E-state index is 0.137. The van der Waals surface area contributed by atoms with Gasteiger partial charge in [0.25, 0.3) is 0 Å². The molecule has 5 heterocycles. The number of amides is 1. The van der Waals surface area contributed by atoms with Crippen LogP contribution in [0, 0.1) is 0 Å². The number of pyridine rings is 1. The van der Waals surface area contributed by atoms with Crippen LogP contribution in [0.4, 0.5) is 5.00 Å². The van der Waals surface area contributed by atoms with Gasteiger partial charge in [-0.3, -0.25) is 14.8 Å². The molecular formula is C25H33N9O2S. The van der Waals surface area contributed by atoms with E-state index in [4.69, 9.17) is 14.8 Å². The zero-order valence-corrected chi connectivity index (χ0v) is 22.9. The number of fused-ring (bicyclic) bond motifs is 1. The molecule has 1 saturated heterocycles. The summed E-state index contributed by atoms with van der Waals surface area (Å²) in [6.07, 6.45) is 5.39. The molecule has 4 aromatic heterocycles. The number of ether oxygens (including phenoxy) is 1. The average Bonchev–Trinajstić information content (AvgIpc) is 3.62. The first-order valence-corrected chi connectivity index (χ1v) is 13.2. The first-order valence-electron chi connectivity index (χ1n) is 12.4. The molecule has 0 aliphatic carbocycles. The van der Waals surface area contributed by atoms with E-state index in [1.165, 1.54) is 6.33 Å². The summed E-state index contributed by atoms with van der Waals surface area (Å²) in [5, 5.41) is 14.3. The van der Waals surface area contributed by atoms with Gasteiger partial charge in [0.15, 0.2) is 11.4 Å². The van der Waals surface area contributed by atoms with Crippen molar-refractivity contribution in [2.24, 2.45) is 0 Å². The number of thiazole rings is 1. The molecule has 0 unspecified atom stereocenters. The zero-order chi connectivity index (χ0) is 26.3. The van der Waals surface area contributed by atoms with Crippen molar-refractivity contribution in [3.05, 3.63) is 30.4 Å². The largest absolute Gasteiger partial charge is 0.493 e. The van der Waals surface area contributed by atoms with Gasteiger partial charge in [0.1, 0.15) is 16.3 Å². The van der Waals surface area contributed by atoms with Crippen molar-refractivity contribution < 1.29 is 9.53 Å². The predicted molar refractivity (Wildman–Crippen MR) is 144 cm³/mol. The molecule has 0 saturated carbocycles. The van der Waals surface area contributed by atoms with Crippen molar-refractivity contribution in [3.63, 3.8) is 0 Å². The molecule has 0 radical (unpaired) electrons. The Morgan fingerprint density at radius 2 is 2.11 bits per heavy atom. The van der Waals surface area contributed by atoms with Crippen LogP contribution in [0.1, 0.15) is 32.3 Å². The summed E-state index contributed by atoms with van der Waals surface area (Å²) in [6.45, 7) is 9.51. The van der Waals surface area contributed by atoms with Crippen LogP contribution in [-0.4, -0.2) is 98.9 Å². The van der Waals surface area contributed by atoms with Gasteiger partial charge in [-0.2, -0.15) is 10.2 Å². The van der Waals surface area contributed by atoms with Crippen LogP contribution in [0.25, 0.3) is 27.6 Å². The van der Waals surface area contributed by atoms with E-state index >= 15 is 0 Å². The van der Waals surface area contributed by atoms with Crippen LogP contribution < -0.4 is 9.64 Å². The number of nitrogens with zero attached hydrogens (tertiary/aromatic N) is 8. The van der Waals surface area contributed by atoms with Crippen LogP contribution >= 0.6 is 11.3 Å². The van der Waals surface area contributed by atoms with Crippen LogP contribution in [0.15, 0.2) is 24.8 Å². The number of methoxy groups -OCH3 is 1. The van der Waals surface area contributed by atoms with E-state index in [-0.39, 0.29) is 17.9 Å². The third-order valence-corrected chi connectivity index (χ3v) is 7.83. The molecule has 1 fully saturated rings. The summed E-state index contributed by atoms with van der Waals surface area (Å²) < 4.78 is 7.27. The number of H-pyrrole nitrogens is 1. The summed E-state index contributed by atoms with van der Waals surface area (Å²) in [6, 6.07) is 2.23. The van der Waals surface area contributed by atoms with Crippen molar-refractivity contribution in [2.45, 2.75) is 32.7 Å². The van der Waals surface area contributed by atoms with Crippen molar-refractivity contribution in [3.8, 4) is 27.7 Å². The number of nitrogens with one attached hydrogen (secondary N) is 1. The fourth-order valence-corrected chi connectivity index (χ4v) is 5.88. The number of anilines is 1. The molecule has 0 bridgehead atoms. The highest BCUT2D eigenvalue weighted by molar-refractivity contribution is 7.18. The maximum absolute atomic E-state index is 12.1. The Morgan fingerprint density at radius 3 is 2.81 bits per heavy atom. The molecule has 1 atom stereocenters. The first kappa shape index (κ1) is 25.2. The molecule has 37 heavy (non-hydrogen) atoms. The fourth-order valence-electron chi connectivity index (χ4n) is 4.82. The number of hydrogen-bond donors (Lipinski definition) is 1. The number of aromatic nitrogens is 6. The van der Waals surface area contributed by atoms with Crippen molar-refractivity contribution in [1.82, 2.24) is 39.6 Å². The lowest BCUT2D eigenvalue weighted by molar-refractivity contribution is -0.130. The van der Waals surface area contributed by atoms with Crippen molar-refractivity contribution in [2.75, 3.05) is 52.3 Å². The van der Waals surface area contributed by atoms with Crippen molar-refractivity contribution >= 4 is 27.9 Å². The van der Waals surface area contributed by atoms with E-state index in [0.717, 1.165) is 52.2 Å². The second-order valence-electron chi connectivity index (χ2n) is 9.91. The Balaban J connectivity index is 1.41. The molecule has 0 aromatic carbocycles. The van der Waals surface area contributed by atoms with E-state index in [0.29, 0.717) is 17.9 Å². The molecule has 1 N–H and O–H groups in total. The van der Waals surface area contributed by atoms with Crippen molar-refractivity contribution in [1.29, 1.82) is 0 Å². The quantitative estimate of drug-likeness (QED) is 0.394. The predicted octanol–water partition coefficient (Wildman–Crippen LogP) is 2.97. The summed E-state index contributed by atoms with van der Waals surface area (Å²) in [7, 11) is 5.23. The fraction of sp³-hybridized carbons (Fsp3) is 0.480. The number of hydrogen-bond acceptors (Lipinski definition) is 9. The second kappa shape index (κ2) is 10.1. The summed E-state index contributed by atoms with van der Waals surface area (Å²) in [4.78, 5) is 27.5. The molecule has 1 amide bonds. The Hall–Kier alpha value is -3.51. The molecule has 12 heteroatoms. The number of piperazine rings is 1. The molecule has 5 rings (SSSR count). The average molecular weight is 524 g/mol. The van der Waals surface area contributed by atoms with E-state index in [1.54, 1.807) is 42.0 Å². The Bertz CT molecular complexity index is 1410. The number of carbonyl (C=O) groups is 1. The molecular weight excluding hydrogens is 490 g/mol. The SMILES string of the molecule is COc1cc(-c2n[nH]c(-c3ncc(N4CCN(CC(=O)N(C)C)C[C@H]4C)s3)c2C(C)C)cn2ncnc12. The highest BCUT2D eigenvalue weighted by atomic mass is 32.1. The summed E-state index contributed by atoms with van der Waals surface area (Å²) >= 11 is 1.67. The Labute approximate surface area is 220 Å². The number of carbonyl (C=O) groups excluding carboxylic acids is 1. The highest BCUT2D eigenvalue weighted by Crippen LogP contribution is 2.40. The number of rotatable bonds is 7. The van der Waals surface area contributed by atoms with Crippen LogP contribution in [0.5, 0.6) is 5.75 Å². The standard InChI is InChI=1S/C25H33N9O2S/c1-15(2)21-22(17-9-18(36-6)24-27-14-28-34(24)12-17)29-30-23(21)25-26-10-20(37-25)33-8-7-32(11-16(33)3)13-19(35)31(4)5/h9-10,12,14-16H,7-8,11,13H2,1-6H3,(H,29,30)/t16-/m1/s1. The first-order chi connectivity index (χ1) is 17.8. The van der Waals surface area contributed by atoms with Crippen LogP contribution in [0.2, 0.25) is 0 Å². The van der Waals surface area contributed by atoms with Gasteiger partial charge >= 0.3 is 0 Å². The lowest BCUT2D eigenvalue weighted by Gasteiger charge is -2.40. The van der Waals surface area contributed by atoms with E-state index in [9.17, 15) is 4.79 Å². The van der Waals surface area contributed by atoms with E-state index in [1.807, 2.05) is 18.5 Å². The Kier molecular flexibility index (Phi) is 6.86. The maximum Gasteiger partial charge on any atom is 0.236 e. The molecule has 11 nitrogen and oxygen atoms in total. The minimum atomic E-state index is 0.137.